The molecule has 1 amide bonds. The number of aryl methyl sites for hydroxylation is 1. The fourth-order valence-electron chi connectivity index (χ4n) is 2.50. The van der Waals surface area contributed by atoms with E-state index < -0.39 is 4.92 Å². The zero-order chi connectivity index (χ0) is 16.2. The van der Waals surface area contributed by atoms with Gasteiger partial charge in [-0.05, 0) is 30.7 Å². The molecule has 0 aliphatic heterocycles. The van der Waals surface area contributed by atoms with E-state index in [1.165, 1.54) is 6.07 Å². The van der Waals surface area contributed by atoms with E-state index in [-0.39, 0.29) is 11.6 Å². The second kappa shape index (κ2) is 7.20. The van der Waals surface area contributed by atoms with Gasteiger partial charge in [-0.2, -0.15) is 0 Å². The van der Waals surface area contributed by atoms with Crippen LogP contribution in [0.5, 0.6) is 0 Å². The first-order valence-electron chi connectivity index (χ1n) is 7.27. The highest BCUT2D eigenvalue weighted by Gasteiger charge is 2.20. The molecule has 0 saturated heterocycles. The number of nitro groups is 1. The van der Waals surface area contributed by atoms with Crippen molar-refractivity contribution in [2.24, 2.45) is 17.8 Å². The van der Waals surface area contributed by atoms with Crippen molar-refractivity contribution in [1.82, 2.24) is 5.32 Å². The van der Waals surface area contributed by atoms with Gasteiger partial charge >= 0.3 is 0 Å². The molecule has 5 heteroatoms. The van der Waals surface area contributed by atoms with E-state index in [4.69, 9.17) is 0 Å². The Balaban J connectivity index is 2.81. The van der Waals surface area contributed by atoms with Gasteiger partial charge in [0, 0.05) is 23.7 Å². The summed E-state index contributed by atoms with van der Waals surface area (Å²) in [5.74, 6) is 1.06. The predicted molar refractivity (Wildman–Crippen MR) is 83.3 cm³/mol. The molecule has 21 heavy (non-hydrogen) atoms. The maximum atomic E-state index is 12.1. The van der Waals surface area contributed by atoms with Gasteiger partial charge in [0.15, 0.2) is 0 Å². The molecule has 0 heterocycles. The molecule has 1 N–H and O–H groups in total. The van der Waals surface area contributed by atoms with E-state index in [1.807, 2.05) is 0 Å². The summed E-state index contributed by atoms with van der Waals surface area (Å²) in [7, 11) is 0. The molecular formula is C16H24N2O3. The van der Waals surface area contributed by atoms with Gasteiger partial charge in [0.05, 0.1) is 4.92 Å². The van der Waals surface area contributed by atoms with Gasteiger partial charge in [-0.15, -0.1) is 0 Å². The number of nitrogens with zero attached hydrogens (tertiary/aromatic N) is 1. The van der Waals surface area contributed by atoms with E-state index in [1.54, 1.807) is 19.1 Å². The van der Waals surface area contributed by atoms with Crippen molar-refractivity contribution in [3.63, 3.8) is 0 Å². The lowest BCUT2D eigenvalue weighted by atomic mass is 9.85. The summed E-state index contributed by atoms with van der Waals surface area (Å²) in [6, 6.07) is 4.57. The summed E-state index contributed by atoms with van der Waals surface area (Å²) in [5, 5.41) is 13.8. The van der Waals surface area contributed by atoms with Crippen LogP contribution in [0.15, 0.2) is 18.2 Å². The molecule has 0 saturated carbocycles. The van der Waals surface area contributed by atoms with Crippen LogP contribution in [0.25, 0.3) is 0 Å². The Morgan fingerprint density at radius 3 is 2.29 bits per heavy atom. The minimum atomic E-state index is -0.461. The van der Waals surface area contributed by atoms with E-state index in [0.717, 1.165) is 0 Å². The minimum Gasteiger partial charge on any atom is -0.352 e. The molecular weight excluding hydrogens is 268 g/mol. The Morgan fingerprint density at radius 2 is 1.81 bits per heavy atom. The Morgan fingerprint density at radius 1 is 1.24 bits per heavy atom. The number of carbonyl (C=O) groups is 1. The average molecular weight is 292 g/mol. The van der Waals surface area contributed by atoms with Crippen molar-refractivity contribution < 1.29 is 9.72 Å². The highest BCUT2D eigenvalue weighted by molar-refractivity contribution is 5.94. The first-order valence-corrected chi connectivity index (χ1v) is 7.27. The number of hydrogen-bond donors (Lipinski definition) is 1. The van der Waals surface area contributed by atoms with Crippen molar-refractivity contribution in [1.29, 1.82) is 0 Å². The molecule has 1 aromatic carbocycles. The second-order valence-corrected chi connectivity index (χ2v) is 6.12. The van der Waals surface area contributed by atoms with Gasteiger partial charge < -0.3 is 5.32 Å². The topological polar surface area (TPSA) is 72.2 Å². The van der Waals surface area contributed by atoms with Gasteiger partial charge in [0.2, 0.25) is 0 Å². The third-order valence-electron chi connectivity index (χ3n) is 3.88. The SMILES string of the molecule is Cc1ccc(C(=O)NCC(C(C)C)C(C)C)cc1[N+](=O)[O-]. The molecule has 5 nitrogen and oxygen atoms in total. The van der Waals surface area contributed by atoms with Gasteiger partial charge in [0.1, 0.15) is 0 Å². The lowest BCUT2D eigenvalue weighted by molar-refractivity contribution is -0.385. The maximum absolute atomic E-state index is 12.1. The third-order valence-corrected chi connectivity index (χ3v) is 3.88. The lowest BCUT2D eigenvalue weighted by Gasteiger charge is -2.25. The number of benzene rings is 1. The molecule has 0 bridgehead atoms. The number of nitrogens with one attached hydrogen (secondary N) is 1. The molecule has 0 aliphatic rings. The highest BCUT2D eigenvalue weighted by Crippen LogP contribution is 2.21. The lowest BCUT2D eigenvalue weighted by Crippen LogP contribution is -2.33. The van der Waals surface area contributed by atoms with Gasteiger partial charge in [-0.3, -0.25) is 14.9 Å². The zero-order valence-corrected chi connectivity index (χ0v) is 13.3. The molecule has 0 spiro atoms. The quantitative estimate of drug-likeness (QED) is 0.643. The van der Waals surface area contributed by atoms with Crippen molar-refractivity contribution >= 4 is 11.6 Å². The molecule has 0 fully saturated rings. The first-order chi connectivity index (χ1) is 9.73. The van der Waals surface area contributed by atoms with Crippen molar-refractivity contribution in [3.8, 4) is 0 Å². The van der Waals surface area contributed by atoms with Gasteiger partial charge in [0.25, 0.3) is 11.6 Å². The Labute approximate surface area is 125 Å². The number of rotatable bonds is 6. The number of carbonyl (C=O) groups excluding carboxylic acids is 1. The molecule has 1 aromatic rings. The predicted octanol–water partition coefficient (Wildman–Crippen LogP) is 3.56. The first kappa shape index (κ1) is 17.1. The number of nitro benzene ring substituents is 1. The normalized spacial score (nSPS) is 11.2. The van der Waals surface area contributed by atoms with Crippen LogP contribution in [0.3, 0.4) is 0 Å². The number of amides is 1. The van der Waals surface area contributed by atoms with Crippen LogP contribution in [-0.4, -0.2) is 17.4 Å². The summed E-state index contributed by atoms with van der Waals surface area (Å²) in [6.07, 6.45) is 0. The van der Waals surface area contributed by atoms with Crippen LogP contribution in [0.4, 0.5) is 5.69 Å². The van der Waals surface area contributed by atoms with E-state index in [2.05, 4.69) is 33.0 Å². The van der Waals surface area contributed by atoms with Crippen molar-refractivity contribution in [3.05, 3.63) is 39.4 Å². The highest BCUT2D eigenvalue weighted by atomic mass is 16.6. The fraction of sp³-hybridized carbons (Fsp3) is 0.562. The van der Waals surface area contributed by atoms with Crippen LogP contribution >= 0.6 is 0 Å². The van der Waals surface area contributed by atoms with Gasteiger partial charge in [-0.25, -0.2) is 0 Å². The molecule has 0 unspecified atom stereocenters. The molecule has 0 aromatic heterocycles. The van der Waals surface area contributed by atoms with E-state index >= 15 is 0 Å². The Kier molecular flexibility index (Phi) is 5.88. The van der Waals surface area contributed by atoms with E-state index in [0.29, 0.717) is 35.4 Å². The monoisotopic (exact) mass is 292 g/mol. The summed E-state index contributed by atoms with van der Waals surface area (Å²) >= 11 is 0. The smallest absolute Gasteiger partial charge is 0.273 e. The van der Waals surface area contributed by atoms with Crippen LogP contribution in [-0.2, 0) is 0 Å². The molecule has 116 valence electrons. The summed E-state index contributed by atoms with van der Waals surface area (Å²) in [4.78, 5) is 22.6. The molecule has 1 rings (SSSR count). The second-order valence-electron chi connectivity index (χ2n) is 6.12. The molecule has 0 aliphatic carbocycles. The summed E-state index contributed by atoms with van der Waals surface area (Å²) < 4.78 is 0. The van der Waals surface area contributed by atoms with Gasteiger partial charge in [-0.1, -0.05) is 33.8 Å². The van der Waals surface area contributed by atoms with Crippen LogP contribution in [0, 0.1) is 34.8 Å². The Hall–Kier alpha value is -1.91. The van der Waals surface area contributed by atoms with E-state index in [9.17, 15) is 14.9 Å². The maximum Gasteiger partial charge on any atom is 0.273 e. The Bertz CT molecular complexity index is 516. The van der Waals surface area contributed by atoms with Crippen LogP contribution in [0.1, 0.15) is 43.6 Å². The van der Waals surface area contributed by atoms with Crippen LogP contribution in [0.2, 0.25) is 0 Å². The third kappa shape index (κ3) is 4.55. The fourth-order valence-corrected chi connectivity index (χ4v) is 2.50. The largest absolute Gasteiger partial charge is 0.352 e. The average Bonchev–Trinajstić information content (AvgIpc) is 2.37. The molecule has 0 radical (unpaired) electrons. The molecule has 0 atom stereocenters. The van der Waals surface area contributed by atoms with Crippen LogP contribution < -0.4 is 5.32 Å². The minimum absolute atomic E-state index is 0.0214. The standard InChI is InChI=1S/C16H24N2O3/c1-10(2)14(11(3)4)9-17-16(19)13-7-6-12(5)15(8-13)18(20)21/h6-8,10-11,14H,9H2,1-5H3,(H,17,19). The summed E-state index contributed by atoms with van der Waals surface area (Å²) in [6.45, 7) is 10.8. The number of hydrogen-bond acceptors (Lipinski definition) is 3. The zero-order valence-electron chi connectivity index (χ0n) is 13.3. The van der Waals surface area contributed by atoms with Crippen molar-refractivity contribution in [2.75, 3.05) is 6.54 Å². The van der Waals surface area contributed by atoms with Crippen molar-refractivity contribution in [2.45, 2.75) is 34.6 Å². The summed E-state index contributed by atoms with van der Waals surface area (Å²) in [5.41, 5.74) is 0.865.